The molecule has 0 amide bonds. The van der Waals surface area contributed by atoms with Gasteiger partial charge in [-0.05, 0) is 90.7 Å². The van der Waals surface area contributed by atoms with Crippen molar-refractivity contribution in [2.24, 2.45) is 29.8 Å². The van der Waals surface area contributed by atoms with E-state index in [2.05, 4.69) is 136 Å². The Morgan fingerprint density at radius 2 is 1.82 bits per heavy atom. The molecule has 7 heteroatoms. The van der Waals surface area contributed by atoms with E-state index < -0.39 is 5.66 Å². The van der Waals surface area contributed by atoms with Gasteiger partial charge in [0.15, 0.2) is 0 Å². The Hall–Kier alpha value is -4.39. The highest BCUT2D eigenvalue weighted by Gasteiger charge is 2.33. The minimum absolute atomic E-state index is 0.394. The zero-order valence-corrected chi connectivity index (χ0v) is 30.6. The summed E-state index contributed by atoms with van der Waals surface area (Å²) in [6.45, 7) is 15.4. The lowest BCUT2D eigenvalue weighted by molar-refractivity contribution is 0.443. The van der Waals surface area contributed by atoms with Gasteiger partial charge in [-0.2, -0.15) is 10.2 Å². The normalized spacial score (nSPS) is 21.3. The third kappa shape index (κ3) is 7.76. The Morgan fingerprint density at radius 3 is 2.57 bits per heavy atom. The number of rotatable bonds is 12. The van der Waals surface area contributed by atoms with Crippen molar-refractivity contribution in [3.05, 3.63) is 112 Å². The molecule has 7 nitrogen and oxygen atoms in total. The lowest BCUT2D eigenvalue weighted by Gasteiger charge is -2.33. The fourth-order valence-corrected chi connectivity index (χ4v) is 7.52. The summed E-state index contributed by atoms with van der Waals surface area (Å²) in [4.78, 5) is 5.19. The van der Waals surface area contributed by atoms with Crippen LogP contribution in [-0.4, -0.2) is 31.4 Å². The molecule has 4 atom stereocenters. The molecular formula is C42H55N7. The lowest BCUT2D eigenvalue weighted by atomic mass is 9.78. The van der Waals surface area contributed by atoms with Crippen LogP contribution in [0.1, 0.15) is 101 Å². The number of nitrogens with zero attached hydrogens (tertiary/aromatic N) is 5. The molecule has 3 heterocycles. The van der Waals surface area contributed by atoms with E-state index in [9.17, 15) is 0 Å². The number of anilines is 1. The van der Waals surface area contributed by atoms with Gasteiger partial charge in [0.2, 0.25) is 0 Å². The van der Waals surface area contributed by atoms with Crippen molar-refractivity contribution in [2.75, 3.05) is 5.32 Å². The summed E-state index contributed by atoms with van der Waals surface area (Å²) in [5, 5.41) is 17.1. The van der Waals surface area contributed by atoms with Crippen LogP contribution in [0.25, 0.3) is 11.1 Å². The molecule has 2 N–H and O–H groups in total. The van der Waals surface area contributed by atoms with E-state index in [1.165, 1.54) is 50.4 Å². The second-order valence-electron chi connectivity index (χ2n) is 14.5. The first kappa shape index (κ1) is 34.5. The summed E-state index contributed by atoms with van der Waals surface area (Å²) in [5.74, 6) is 2.29. The number of aryl methyl sites for hydroxylation is 3. The van der Waals surface area contributed by atoms with Crippen LogP contribution >= 0.6 is 0 Å². The maximum absolute atomic E-state index is 5.19. The van der Waals surface area contributed by atoms with Gasteiger partial charge in [-0.3, -0.25) is 14.4 Å². The molecule has 4 aromatic rings. The summed E-state index contributed by atoms with van der Waals surface area (Å²) in [6.07, 6.45) is 12.3. The van der Waals surface area contributed by atoms with Crippen LogP contribution in [-0.2, 0) is 33.0 Å². The van der Waals surface area contributed by atoms with Crippen molar-refractivity contribution in [1.29, 1.82) is 0 Å². The fraction of sp³-hybridized carbons (Fsp3) is 0.452. The van der Waals surface area contributed by atoms with Gasteiger partial charge in [0.1, 0.15) is 11.5 Å². The molecule has 6 rings (SSSR count). The topological polar surface area (TPSA) is 72.1 Å². The molecule has 49 heavy (non-hydrogen) atoms. The van der Waals surface area contributed by atoms with Crippen molar-refractivity contribution < 1.29 is 0 Å². The molecule has 4 unspecified atom stereocenters. The fourth-order valence-electron chi connectivity index (χ4n) is 7.52. The zero-order chi connectivity index (χ0) is 34.5. The third-order valence-electron chi connectivity index (χ3n) is 10.9. The molecular weight excluding hydrogens is 603 g/mol. The van der Waals surface area contributed by atoms with Crippen molar-refractivity contribution in [1.82, 2.24) is 24.9 Å². The molecule has 258 valence electrons. The second kappa shape index (κ2) is 15.0. The smallest absolute Gasteiger partial charge is 0.149 e. The van der Waals surface area contributed by atoms with E-state index in [1.54, 1.807) is 0 Å². The summed E-state index contributed by atoms with van der Waals surface area (Å²) in [7, 11) is 2.12. The Bertz CT molecular complexity index is 1820. The number of hydrogen-bond donors (Lipinski definition) is 2. The van der Waals surface area contributed by atoms with Gasteiger partial charge in [-0.15, -0.1) is 0 Å². The van der Waals surface area contributed by atoms with Crippen LogP contribution in [0.4, 0.5) is 5.82 Å². The monoisotopic (exact) mass is 657 g/mol. The van der Waals surface area contributed by atoms with Crippen LogP contribution in [0, 0.1) is 17.8 Å². The van der Waals surface area contributed by atoms with Crippen LogP contribution in [0.2, 0.25) is 0 Å². The molecule has 0 saturated heterocycles. The van der Waals surface area contributed by atoms with Crippen molar-refractivity contribution in [3.8, 4) is 0 Å². The first-order valence-corrected chi connectivity index (χ1v) is 18.4. The quantitative estimate of drug-likeness (QED) is 0.159. The Kier molecular flexibility index (Phi) is 10.6. The van der Waals surface area contributed by atoms with Crippen LogP contribution in [0.5, 0.6) is 0 Å². The summed E-state index contributed by atoms with van der Waals surface area (Å²) >= 11 is 0. The number of allylic oxidation sites excluding steroid dienone is 3. The molecule has 1 aliphatic heterocycles. The van der Waals surface area contributed by atoms with E-state index >= 15 is 0 Å². The molecule has 1 aliphatic carbocycles. The molecule has 0 saturated carbocycles. The summed E-state index contributed by atoms with van der Waals surface area (Å²) < 4.78 is 4.10. The van der Waals surface area contributed by atoms with E-state index in [4.69, 9.17) is 10.1 Å². The van der Waals surface area contributed by atoms with E-state index in [0.29, 0.717) is 17.8 Å². The van der Waals surface area contributed by atoms with Gasteiger partial charge in [-0.25, -0.2) is 0 Å². The highest BCUT2D eigenvalue weighted by molar-refractivity contribution is 5.94. The standard InChI is InChI=1S/C42H55N7/c1-8-29(3)31(5)36(28-43-26-32-14-11-10-12-15-32)34-17-13-16-33(24-34)25-38-41-37(46-48(38)7)19-18-35-27-44-42(6,22-20-30(4)40(35)41)45-39-21-23-49(9-2)47-39/h10-17,21,23-24,27-31,43H,8-9,18-20,22,25-26H2,1-7H3,(H,45,47)/b36-28+,44-27-. The molecule has 0 spiro atoms. The number of hydrogen-bond acceptors (Lipinski definition) is 5. The first-order valence-electron chi connectivity index (χ1n) is 18.4. The highest BCUT2D eigenvalue weighted by atomic mass is 15.3. The van der Waals surface area contributed by atoms with Crippen molar-refractivity contribution >= 4 is 23.2 Å². The lowest BCUT2D eigenvalue weighted by Crippen LogP contribution is -2.35. The number of aromatic nitrogens is 4. The first-order chi connectivity index (χ1) is 23.7. The van der Waals surface area contributed by atoms with E-state index in [-0.39, 0.29) is 0 Å². The van der Waals surface area contributed by atoms with Gasteiger partial charge in [0, 0.05) is 56.8 Å². The second-order valence-corrected chi connectivity index (χ2v) is 14.5. The third-order valence-corrected chi connectivity index (χ3v) is 10.9. The van der Waals surface area contributed by atoms with E-state index in [1.807, 2.05) is 16.9 Å². The number of nitrogens with one attached hydrogen (secondary N) is 2. The predicted octanol–water partition coefficient (Wildman–Crippen LogP) is 9.07. The number of aliphatic imine (C=N–C) groups is 1. The molecule has 2 aromatic heterocycles. The SMILES string of the molecule is CCC(C)C(C)/C(=C\NCc1ccccc1)c1cccc(Cc2c3c(nn2C)CCC2=C3C(C)CCC(C)(Nc3ccn(CC)n3)/N=C\2)c1. The molecule has 0 fully saturated rings. The van der Waals surface area contributed by atoms with Crippen molar-refractivity contribution in [2.45, 2.75) is 98.8 Å². The number of fused-ring (bicyclic) bond motifs is 2. The summed E-state index contributed by atoms with van der Waals surface area (Å²) in [6, 6.07) is 21.9. The average molecular weight is 658 g/mol. The molecule has 0 bridgehead atoms. The Balaban J connectivity index is 1.29. The van der Waals surface area contributed by atoms with Gasteiger partial charge in [0.05, 0.1) is 11.4 Å². The maximum Gasteiger partial charge on any atom is 0.149 e. The zero-order valence-electron chi connectivity index (χ0n) is 30.6. The average Bonchev–Trinajstić information content (AvgIpc) is 3.70. The van der Waals surface area contributed by atoms with Crippen LogP contribution in [0.3, 0.4) is 0 Å². The van der Waals surface area contributed by atoms with Crippen molar-refractivity contribution in [3.63, 3.8) is 0 Å². The molecule has 2 aliphatic rings. The Labute approximate surface area is 293 Å². The summed E-state index contributed by atoms with van der Waals surface area (Å²) in [5.41, 5.74) is 11.6. The minimum Gasteiger partial charge on any atom is -0.387 e. The van der Waals surface area contributed by atoms with Crippen LogP contribution < -0.4 is 10.6 Å². The molecule has 0 radical (unpaired) electrons. The van der Waals surface area contributed by atoms with Gasteiger partial charge < -0.3 is 10.6 Å². The largest absolute Gasteiger partial charge is 0.387 e. The number of benzene rings is 2. The predicted molar refractivity (Wildman–Crippen MR) is 204 cm³/mol. The van der Waals surface area contributed by atoms with Gasteiger partial charge in [-0.1, -0.05) is 88.7 Å². The maximum atomic E-state index is 5.19. The molecule has 2 aromatic carbocycles. The van der Waals surface area contributed by atoms with Gasteiger partial charge >= 0.3 is 0 Å². The minimum atomic E-state index is -0.397. The van der Waals surface area contributed by atoms with Crippen LogP contribution in [0.15, 0.2) is 83.6 Å². The highest BCUT2D eigenvalue weighted by Crippen LogP contribution is 2.42. The van der Waals surface area contributed by atoms with E-state index in [0.717, 1.165) is 57.4 Å². The van der Waals surface area contributed by atoms with Gasteiger partial charge in [0.25, 0.3) is 0 Å². The Morgan fingerprint density at radius 1 is 1.02 bits per heavy atom.